The van der Waals surface area contributed by atoms with E-state index in [-0.39, 0.29) is 0 Å². The van der Waals surface area contributed by atoms with Crippen molar-refractivity contribution in [2.24, 2.45) is 5.92 Å². The number of halogens is 1. The van der Waals surface area contributed by atoms with E-state index in [2.05, 4.69) is 27.1 Å². The van der Waals surface area contributed by atoms with Gasteiger partial charge in [0.2, 0.25) is 5.95 Å². The van der Waals surface area contributed by atoms with E-state index in [1.54, 1.807) is 0 Å². The number of likely N-dealkylation sites (tertiary alicyclic amines) is 1. The third kappa shape index (κ3) is 2.88. The number of rotatable bonds is 4. The summed E-state index contributed by atoms with van der Waals surface area (Å²) in [5.74, 6) is 0.722. The van der Waals surface area contributed by atoms with E-state index in [0.29, 0.717) is 11.7 Å². The summed E-state index contributed by atoms with van der Waals surface area (Å²) in [6.45, 7) is 6.43. The van der Waals surface area contributed by atoms with Gasteiger partial charge in [-0.2, -0.15) is 4.39 Å². The lowest BCUT2D eigenvalue weighted by Crippen LogP contribution is -2.22. The molecule has 1 atom stereocenters. The summed E-state index contributed by atoms with van der Waals surface area (Å²) in [5.41, 5.74) is 0. The van der Waals surface area contributed by atoms with Gasteiger partial charge in [-0.1, -0.05) is 6.92 Å². The molecule has 1 saturated heterocycles. The highest BCUT2D eigenvalue weighted by Crippen LogP contribution is 2.16. The average molecular weight is 224 g/mol. The van der Waals surface area contributed by atoms with Gasteiger partial charge in [-0.25, -0.2) is 9.97 Å². The van der Waals surface area contributed by atoms with Crippen LogP contribution in [0.2, 0.25) is 0 Å². The second kappa shape index (κ2) is 5.21. The summed E-state index contributed by atoms with van der Waals surface area (Å²) >= 11 is 0. The molecule has 1 aromatic rings. The molecule has 0 spiro atoms. The van der Waals surface area contributed by atoms with Gasteiger partial charge in [-0.15, -0.1) is 0 Å². The van der Waals surface area contributed by atoms with Crippen LogP contribution in [0.5, 0.6) is 0 Å². The van der Waals surface area contributed by atoms with Crippen molar-refractivity contribution in [1.29, 1.82) is 0 Å². The molecule has 16 heavy (non-hydrogen) atoms. The van der Waals surface area contributed by atoms with Crippen molar-refractivity contribution in [3.05, 3.63) is 18.3 Å². The van der Waals surface area contributed by atoms with Gasteiger partial charge in [-0.3, -0.25) is 0 Å². The number of aromatic nitrogens is 2. The van der Waals surface area contributed by atoms with Crippen LogP contribution in [0.4, 0.5) is 10.2 Å². The molecule has 4 nitrogen and oxygen atoms in total. The molecule has 0 radical (unpaired) electrons. The minimum atomic E-state index is -0.487. The van der Waals surface area contributed by atoms with Crippen molar-refractivity contribution in [2.75, 3.05) is 31.5 Å². The van der Waals surface area contributed by atoms with Crippen LogP contribution in [-0.4, -0.2) is 41.0 Å². The molecule has 1 unspecified atom stereocenters. The van der Waals surface area contributed by atoms with E-state index in [1.807, 2.05) is 0 Å². The maximum absolute atomic E-state index is 12.8. The highest BCUT2D eigenvalue weighted by molar-refractivity contribution is 5.32. The van der Waals surface area contributed by atoms with Crippen molar-refractivity contribution >= 4 is 5.82 Å². The molecule has 0 aromatic carbocycles. The zero-order valence-corrected chi connectivity index (χ0v) is 9.49. The molecular weight excluding hydrogens is 207 g/mol. The topological polar surface area (TPSA) is 41.0 Å². The molecule has 0 amide bonds. The van der Waals surface area contributed by atoms with Gasteiger partial charge >= 0.3 is 0 Å². The lowest BCUT2D eigenvalue weighted by atomic mass is 10.1. The lowest BCUT2D eigenvalue weighted by molar-refractivity contribution is 0.345. The zero-order chi connectivity index (χ0) is 11.4. The summed E-state index contributed by atoms with van der Waals surface area (Å²) in [6, 6.07) is 1.33. The SMILES string of the molecule is CCN1CCC(CNc2cc(F)ncn2)C1. The number of hydrogen-bond donors (Lipinski definition) is 1. The lowest BCUT2D eigenvalue weighted by Gasteiger charge is -2.13. The molecule has 1 aliphatic heterocycles. The van der Waals surface area contributed by atoms with E-state index in [9.17, 15) is 4.39 Å². The number of nitrogens with one attached hydrogen (secondary N) is 1. The van der Waals surface area contributed by atoms with Crippen LogP contribution in [0.1, 0.15) is 13.3 Å². The Morgan fingerprint density at radius 2 is 2.44 bits per heavy atom. The molecular formula is C11H17FN4. The number of nitrogens with zero attached hydrogens (tertiary/aromatic N) is 3. The predicted molar refractivity (Wildman–Crippen MR) is 60.7 cm³/mol. The monoisotopic (exact) mass is 224 g/mol. The Morgan fingerprint density at radius 3 is 3.12 bits per heavy atom. The molecule has 0 bridgehead atoms. The first-order chi connectivity index (χ1) is 7.78. The second-order valence-electron chi connectivity index (χ2n) is 4.15. The fraction of sp³-hybridized carbons (Fsp3) is 0.636. The van der Waals surface area contributed by atoms with Gasteiger partial charge in [-0.05, 0) is 25.4 Å². The van der Waals surface area contributed by atoms with Gasteiger partial charge in [0.1, 0.15) is 12.1 Å². The Hall–Kier alpha value is -1.23. The molecule has 88 valence electrons. The summed E-state index contributed by atoms with van der Waals surface area (Å²) < 4.78 is 12.8. The summed E-state index contributed by atoms with van der Waals surface area (Å²) in [7, 11) is 0. The average Bonchev–Trinajstić information content (AvgIpc) is 2.74. The van der Waals surface area contributed by atoms with Crippen molar-refractivity contribution in [1.82, 2.24) is 14.9 Å². The van der Waals surface area contributed by atoms with Gasteiger partial charge < -0.3 is 10.2 Å². The molecule has 5 heteroatoms. The Kier molecular flexibility index (Phi) is 3.66. The molecule has 1 fully saturated rings. The second-order valence-corrected chi connectivity index (χ2v) is 4.15. The van der Waals surface area contributed by atoms with E-state index < -0.39 is 5.95 Å². The van der Waals surface area contributed by atoms with Gasteiger partial charge in [0.25, 0.3) is 0 Å². The Morgan fingerprint density at radius 1 is 1.56 bits per heavy atom. The van der Waals surface area contributed by atoms with Crippen LogP contribution in [0.25, 0.3) is 0 Å². The third-order valence-electron chi connectivity index (χ3n) is 3.02. The van der Waals surface area contributed by atoms with E-state index >= 15 is 0 Å². The molecule has 1 N–H and O–H groups in total. The van der Waals surface area contributed by atoms with Crippen molar-refractivity contribution < 1.29 is 4.39 Å². The third-order valence-corrected chi connectivity index (χ3v) is 3.02. The maximum atomic E-state index is 12.8. The van der Waals surface area contributed by atoms with E-state index in [0.717, 1.165) is 19.6 Å². The first-order valence-corrected chi connectivity index (χ1v) is 5.71. The normalized spacial score (nSPS) is 21.2. The highest BCUT2D eigenvalue weighted by Gasteiger charge is 2.20. The fourth-order valence-electron chi connectivity index (χ4n) is 2.05. The quantitative estimate of drug-likeness (QED) is 0.784. The van der Waals surface area contributed by atoms with Crippen LogP contribution in [0, 0.1) is 11.9 Å². The maximum Gasteiger partial charge on any atom is 0.217 e. The Balaban J connectivity index is 1.80. The molecule has 0 aliphatic carbocycles. The Bertz CT molecular complexity index is 345. The molecule has 1 aromatic heterocycles. The van der Waals surface area contributed by atoms with Crippen LogP contribution >= 0.6 is 0 Å². The number of hydrogen-bond acceptors (Lipinski definition) is 4. The van der Waals surface area contributed by atoms with E-state index in [1.165, 1.54) is 25.4 Å². The highest BCUT2D eigenvalue weighted by atomic mass is 19.1. The van der Waals surface area contributed by atoms with Crippen molar-refractivity contribution in [3.8, 4) is 0 Å². The van der Waals surface area contributed by atoms with E-state index in [4.69, 9.17) is 0 Å². The largest absolute Gasteiger partial charge is 0.370 e. The summed E-state index contributed by atoms with van der Waals surface area (Å²) in [4.78, 5) is 9.81. The molecule has 2 heterocycles. The van der Waals surface area contributed by atoms with Crippen LogP contribution in [-0.2, 0) is 0 Å². The van der Waals surface area contributed by atoms with Gasteiger partial charge in [0.05, 0.1) is 0 Å². The minimum absolute atomic E-state index is 0.487. The first kappa shape index (κ1) is 11.3. The first-order valence-electron chi connectivity index (χ1n) is 5.71. The number of anilines is 1. The Labute approximate surface area is 94.9 Å². The summed E-state index contributed by atoms with van der Waals surface area (Å²) in [5, 5.41) is 3.15. The molecule has 1 aliphatic rings. The smallest absolute Gasteiger partial charge is 0.217 e. The van der Waals surface area contributed by atoms with Gasteiger partial charge in [0, 0.05) is 19.2 Å². The summed E-state index contributed by atoms with van der Waals surface area (Å²) in [6.07, 6.45) is 2.44. The molecule has 0 saturated carbocycles. The fourth-order valence-corrected chi connectivity index (χ4v) is 2.05. The predicted octanol–water partition coefficient (Wildman–Crippen LogP) is 1.37. The molecule has 2 rings (SSSR count). The zero-order valence-electron chi connectivity index (χ0n) is 9.49. The van der Waals surface area contributed by atoms with Crippen LogP contribution in [0.3, 0.4) is 0 Å². The van der Waals surface area contributed by atoms with Crippen LogP contribution in [0.15, 0.2) is 12.4 Å². The minimum Gasteiger partial charge on any atom is -0.370 e. The standard InChI is InChI=1S/C11H17FN4/c1-2-16-4-3-9(7-16)6-13-11-5-10(12)14-8-15-11/h5,8-9H,2-4,6-7H2,1H3,(H,13,14,15). The van der Waals surface area contributed by atoms with Crippen molar-refractivity contribution in [2.45, 2.75) is 13.3 Å². The van der Waals surface area contributed by atoms with Crippen LogP contribution < -0.4 is 5.32 Å². The van der Waals surface area contributed by atoms with Crippen molar-refractivity contribution in [3.63, 3.8) is 0 Å². The van der Waals surface area contributed by atoms with Gasteiger partial charge in [0.15, 0.2) is 0 Å².